The van der Waals surface area contributed by atoms with E-state index in [1.807, 2.05) is 30.2 Å². The number of anilines is 1. The van der Waals surface area contributed by atoms with Crippen LogP contribution in [0.15, 0.2) is 42.7 Å². The molecule has 2 rings (SSSR count). The van der Waals surface area contributed by atoms with E-state index >= 15 is 0 Å². The maximum absolute atomic E-state index is 5.95. The molecule has 0 radical (unpaired) electrons. The number of rotatable bonds is 5. The molecule has 1 atom stereocenters. The molecule has 96 valence electrons. The summed E-state index contributed by atoms with van der Waals surface area (Å²) < 4.78 is 1.82. The van der Waals surface area contributed by atoms with Gasteiger partial charge in [-0.05, 0) is 19.1 Å². The SMILES string of the molecule is CCN(c1ccccc1)C(CN)c1cnn(C)c1. The van der Waals surface area contributed by atoms with E-state index in [2.05, 4.69) is 41.2 Å². The van der Waals surface area contributed by atoms with E-state index in [9.17, 15) is 0 Å². The summed E-state index contributed by atoms with van der Waals surface area (Å²) in [5.41, 5.74) is 8.30. The van der Waals surface area contributed by atoms with Crippen molar-refractivity contribution in [1.29, 1.82) is 0 Å². The standard InChI is InChI=1S/C14H20N4/c1-3-18(13-7-5-4-6-8-13)14(9-15)12-10-16-17(2)11-12/h4-8,10-11,14H,3,9,15H2,1-2H3. The molecule has 0 saturated carbocycles. The summed E-state index contributed by atoms with van der Waals surface area (Å²) in [7, 11) is 1.93. The average molecular weight is 244 g/mol. The third-order valence-corrected chi connectivity index (χ3v) is 3.14. The van der Waals surface area contributed by atoms with Crippen molar-refractivity contribution in [2.75, 3.05) is 18.0 Å². The summed E-state index contributed by atoms with van der Waals surface area (Å²) in [4.78, 5) is 2.30. The van der Waals surface area contributed by atoms with Gasteiger partial charge in [0.25, 0.3) is 0 Å². The van der Waals surface area contributed by atoms with Crippen molar-refractivity contribution >= 4 is 5.69 Å². The zero-order valence-corrected chi connectivity index (χ0v) is 11.0. The van der Waals surface area contributed by atoms with Crippen molar-refractivity contribution in [2.45, 2.75) is 13.0 Å². The number of benzene rings is 1. The molecule has 2 aromatic rings. The summed E-state index contributed by atoms with van der Waals surface area (Å²) in [5, 5.41) is 4.23. The Morgan fingerprint density at radius 3 is 2.56 bits per heavy atom. The van der Waals surface area contributed by atoms with Crippen molar-refractivity contribution in [3.8, 4) is 0 Å². The molecule has 0 amide bonds. The second kappa shape index (κ2) is 5.69. The predicted octanol–water partition coefficient (Wildman–Crippen LogP) is 1.95. The summed E-state index contributed by atoms with van der Waals surface area (Å²) in [6, 6.07) is 10.5. The monoisotopic (exact) mass is 244 g/mol. The van der Waals surface area contributed by atoms with Gasteiger partial charge in [0.15, 0.2) is 0 Å². The lowest BCUT2D eigenvalue weighted by Crippen LogP contribution is -2.33. The molecule has 0 bridgehead atoms. The minimum absolute atomic E-state index is 0.172. The van der Waals surface area contributed by atoms with Crippen molar-refractivity contribution in [3.05, 3.63) is 48.3 Å². The first-order chi connectivity index (χ1) is 8.76. The van der Waals surface area contributed by atoms with Gasteiger partial charge in [0, 0.05) is 37.6 Å². The summed E-state index contributed by atoms with van der Waals surface area (Å²) in [6.45, 7) is 3.64. The zero-order chi connectivity index (χ0) is 13.0. The van der Waals surface area contributed by atoms with Gasteiger partial charge in [0.2, 0.25) is 0 Å². The van der Waals surface area contributed by atoms with Crippen LogP contribution in [0.2, 0.25) is 0 Å². The maximum atomic E-state index is 5.95. The minimum atomic E-state index is 0.172. The number of hydrogen-bond acceptors (Lipinski definition) is 3. The van der Waals surface area contributed by atoms with Crippen LogP contribution >= 0.6 is 0 Å². The van der Waals surface area contributed by atoms with E-state index in [1.54, 1.807) is 0 Å². The Bertz CT molecular complexity index is 478. The highest BCUT2D eigenvalue weighted by Crippen LogP contribution is 2.25. The molecule has 1 aromatic heterocycles. The second-order valence-electron chi connectivity index (χ2n) is 4.32. The topological polar surface area (TPSA) is 47.1 Å². The fourth-order valence-corrected chi connectivity index (χ4v) is 2.26. The van der Waals surface area contributed by atoms with Gasteiger partial charge in [-0.1, -0.05) is 18.2 Å². The molecule has 1 heterocycles. The van der Waals surface area contributed by atoms with Gasteiger partial charge >= 0.3 is 0 Å². The Morgan fingerprint density at radius 1 is 1.33 bits per heavy atom. The first-order valence-corrected chi connectivity index (χ1v) is 6.26. The van der Waals surface area contributed by atoms with Crippen LogP contribution in [0.1, 0.15) is 18.5 Å². The van der Waals surface area contributed by atoms with Crippen LogP contribution in [0.4, 0.5) is 5.69 Å². The van der Waals surface area contributed by atoms with Crippen molar-refractivity contribution in [1.82, 2.24) is 9.78 Å². The van der Waals surface area contributed by atoms with Crippen LogP contribution in [0.25, 0.3) is 0 Å². The third kappa shape index (κ3) is 2.54. The Hall–Kier alpha value is -1.81. The Balaban J connectivity index is 2.30. The number of likely N-dealkylation sites (N-methyl/N-ethyl adjacent to an activating group) is 1. The van der Waals surface area contributed by atoms with Crippen molar-refractivity contribution in [3.63, 3.8) is 0 Å². The van der Waals surface area contributed by atoms with Crippen LogP contribution in [0, 0.1) is 0 Å². The highest BCUT2D eigenvalue weighted by atomic mass is 15.3. The van der Waals surface area contributed by atoms with Gasteiger partial charge < -0.3 is 10.6 Å². The summed E-state index contributed by atoms with van der Waals surface area (Å²) in [6.07, 6.45) is 3.92. The van der Waals surface area contributed by atoms with Gasteiger partial charge in [0.05, 0.1) is 12.2 Å². The number of aromatic nitrogens is 2. The fraction of sp³-hybridized carbons (Fsp3) is 0.357. The molecular weight excluding hydrogens is 224 g/mol. The van der Waals surface area contributed by atoms with Crippen LogP contribution in [0.5, 0.6) is 0 Å². The molecule has 1 unspecified atom stereocenters. The molecule has 0 aliphatic heterocycles. The van der Waals surface area contributed by atoms with Gasteiger partial charge in [0.1, 0.15) is 0 Å². The van der Waals surface area contributed by atoms with Gasteiger partial charge in [-0.3, -0.25) is 4.68 Å². The highest BCUT2D eigenvalue weighted by molar-refractivity contribution is 5.48. The molecule has 18 heavy (non-hydrogen) atoms. The van der Waals surface area contributed by atoms with Crippen LogP contribution in [-0.2, 0) is 7.05 Å². The summed E-state index contributed by atoms with van der Waals surface area (Å²) >= 11 is 0. The molecule has 0 fully saturated rings. The largest absolute Gasteiger partial charge is 0.363 e. The molecule has 0 aliphatic rings. The zero-order valence-electron chi connectivity index (χ0n) is 11.0. The van der Waals surface area contributed by atoms with E-state index in [0.717, 1.165) is 12.1 Å². The normalized spacial score (nSPS) is 12.4. The first kappa shape index (κ1) is 12.6. The average Bonchev–Trinajstić information content (AvgIpc) is 2.83. The molecular formula is C14H20N4. The molecule has 0 aliphatic carbocycles. The van der Waals surface area contributed by atoms with E-state index in [-0.39, 0.29) is 6.04 Å². The maximum Gasteiger partial charge on any atom is 0.0695 e. The fourth-order valence-electron chi connectivity index (χ4n) is 2.26. The molecule has 0 spiro atoms. The highest BCUT2D eigenvalue weighted by Gasteiger charge is 2.19. The van der Waals surface area contributed by atoms with Crippen LogP contribution in [-0.4, -0.2) is 22.9 Å². The number of nitrogens with two attached hydrogens (primary N) is 1. The Labute approximate surface area is 108 Å². The molecule has 4 heteroatoms. The first-order valence-electron chi connectivity index (χ1n) is 6.26. The minimum Gasteiger partial charge on any atom is -0.363 e. The smallest absolute Gasteiger partial charge is 0.0695 e. The van der Waals surface area contributed by atoms with Gasteiger partial charge in [-0.2, -0.15) is 5.10 Å². The number of aryl methyl sites for hydroxylation is 1. The van der Waals surface area contributed by atoms with Crippen molar-refractivity contribution in [2.24, 2.45) is 12.8 Å². The lowest BCUT2D eigenvalue weighted by molar-refractivity contribution is 0.642. The number of hydrogen-bond donors (Lipinski definition) is 1. The molecule has 4 nitrogen and oxygen atoms in total. The predicted molar refractivity (Wildman–Crippen MR) is 74.5 cm³/mol. The summed E-state index contributed by atoms with van der Waals surface area (Å²) in [5.74, 6) is 0. The second-order valence-corrected chi connectivity index (χ2v) is 4.32. The van der Waals surface area contributed by atoms with Gasteiger partial charge in [-0.25, -0.2) is 0 Å². The van der Waals surface area contributed by atoms with E-state index in [4.69, 9.17) is 5.73 Å². The number of para-hydroxylation sites is 1. The van der Waals surface area contributed by atoms with Crippen LogP contribution < -0.4 is 10.6 Å². The van der Waals surface area contributed by atoms with E-state index in [0.29, 0.717) is 6.54 Å². The van der Waals surface area contributed by atoms with E-state index < -0.39 is 0 Å². The molecule has 0 saturated heterocycles. The lowest BCUT2D eigenvalue weighted by Gasteiger charge is -2.31. The quantitative estimate of drug-likeness (QED) is 0.874. The molecule has 2 N–H and O–H groups in total. The lowest BCUT2D eigenvalue weighted by atomic mass is 10.1. The number of nitrogens with zero attached hydrogens (tertiary/aromatic N) is 3. The van der Waals surface area contributed by atoms with E-state index in [1.165, 1.54) is 5.69 Å². The molecule has 1 aromatic carbocycles. The van der Waals surface area contributed by atoms with Crippen LogP contribution in [0.3, 0.4) is 0 Å². The third-order valence-electron chi connectivity index (χ3n) is 3.14. The van der Waals surface area contributed by atoms with Gasteiger partial charge in [-0.15, -0.1) is 0 Å². The Morgan fingerprint density at radius 2 is 2.06 bits per heavy atom. The Kier molecular flexibility index (Phi) is 3.99. The van der Waals surface area contributed by atoms with Crippen molar-refractivity contribution < 1.29 is 0 Å².